The predicted molar refractivity (Wildman–Crippen MR) is 140 cm³/mol. The summed E-state index contributed by atoms with van der Waals surface area (Å²) in [5.41, 5.74) is 6.00. The average molecular weight is 506 g/mol. The van der Waals surface area contributed by atoms with Crippen molar-refractivity contribution in [1.82, 2.24) is 20.2 Å². The summed E-state index contributed by atoms with van der Waals surface area (Å²) in [6.45, 7) is 4.38. The normalized spacial score (nSPS) is 11.3. The van der Waals surface area contributed by atoms with Gasteiger partial charge in [0.15, 0.2) is 11.0 Å². The number of ether oxygens (including phenoxy) is 1. The summed E-state index contributed by atoms with van der Waals surface area (Å²) in [5.74, 6) is 1.31. The van der Waals surface area contributed by atoms with Crippen molar-refractivity contribution >= 4 is 35.0 Å². The van der Waals surface area contributed by atoms with Gasteiger partial charge in [-0.3, -0.25) is 9.36 Å². The molecule has 9 heteroatoms. The maximum atomic E-state index is 12.5. The number of hydrogen-bond donors (Lipinski definition) is 1. The van der Waals surface area contributed by atoms with Crippen molar-refractivity contribution in [2.75, 3.05) is 12.4 Å². The van der Waals surface area contributed by atoms with Gasteiger partial charge in [0.1, 0.15) is 5.75 Å². The molecule has 1 heterocycles. The second-order valence-corrected chi connectivity index (χ2v) is 8.84. The molecule has 0 saturated carbocycles. The van der Waals surface area contributed by atoms with Gasteiger partial charge in [0.25, 0.3) is 5.91 Å². The molecule has 0 aliphatic carbocycles. The van der Waals surface area contributed by atoms with E-state index in [9.17, 15) is 4.79 Å². The van der Waals surface area contributed by atoms with Crippen LogP contribution in [0, 0.1) is 0 Å². The zero-order valence-corrected chi connectivity index (χ0v) is 20.9. The van der Waals surface area contributed by atoms with Gasteiger partial charge in [-0.1, -0.05) is 53.7 Å². The summed E-state index contributed by atoms with van der Waals surface area (Å²) in [7, 11) is 0. The van der Waals surface area contributed by atoms with Gasteiger partial charge < -0.3 is 4.74 Å². The first-order valence-corrected chi connectivity index (χ1v) is 12.4. The minimum absolute atomic E-state index is 0.126. The lowest BCUT2D eigenvalue weighted by Gasteiger charge is -2.11. The van der Waals surface area contributed by atoms with Crippen LogP contribution in [0.4, 0.5) is 0 Å². The second-order valence-electron chi connectivity index (χ2n) is 7.46. The molecule has 0 bridgehead atoms. The van der Waals surface area contributed by atoms with E-state index in [1.165, 1.54) is 11.8 Å². The monoisotopic (exact) mass is 505 g/mol. The first-order valence-electron chi connectivity index (χ1n) is 11.0. The fourth-order valence-electron chi connectivity index (χ4n) is 3.29. The van der Waals surface area contributed by atoms with Gasteiger partial charge in [-0.15, -0.1) is 10.2 Å². The highest BCUT2D eigenvalue weighted by molar-refractivity contribution is 7.99. The molecule has 0 aliphatic heterocycles. The maximum Gasteiger partial charge on any atom is 0.250 e. The van der Waals surface area contributed by atoms with Crippen LogP contribution in [0.5, 0.6) is 5.75 Å². The maximum absolute atomic E-state index is 12.5. The molecule has 4 aromatic rings. The largest absolute Gasteiger partial charge is 0.494 e. The number of nitrogens with zero attached hydrogens (tertiary/aromatic N) is 4. The smallest absolute Gasteiger partial charge is 0.250 e. The van der Waals surface area contributed by atoms with Crippen molar-refractivity contribution < 1.29 is 9.53 Å². The van der Waals surface area contributed by atoms with Crippen LogP contribution in [0.15, 0.2) is 89.1 Å². The molecule has 1 N–H and O–H groups in total. The summed E-state index contributed by atoms with van der Waals surface area (Å²) in [4.78, 5) is 12.5. The Morgan fingerprint density at radius 1 is 1.03 bits per heavy atom. The highest BCUT2D eigenvalue weighted by Crippen LogP contribution is 2.29. The minimum Gasteiger partial charge on any atom is -0.494 e. The van der Waals surface area contributed by atoms with Crippen LogP contribution in [-0.4, -0.2) is 38.7 Å². The number of benzene rings is 3. The van der Waals surface area contributed by atoms with E-state index in [2.05, 4.69) is 20.7 Å². The van der Waals surface area contributed by atoms with E-state index in [-0.39, 0.29) is 11.7 Å². The van der Waals surface area contributed by atoms with Crippen LogP contribution in [0.2, 0.25) is 5.02 Å². The van der Waals surface area contributed by atoms with Crippen LogP contribution in [0.1, 0.15) is 19.4 Å². The highest BCUT2D eigenvalue weighted by atomic mass is 35.5. The number of nitrogens with one attached hydrogen (secondary N) is 1. The molecule has 0 saturated heterocycles. The topological polar surface area (TPSA) is 81.4 Å². The zero-order chi connectivity index (χ0) is 24.6. The Kier molecular flexibility index (Phi) is 8.18. The Morgan fingerprint density at radius 2 is 1.74 bits per heavy atom. The molecule has 1 amide bonds. The number of hydrazone groups is 1. The number of halogens is 1. The van der Waals surface area contributed by atoms with E-state index in [1.54, 1.807) is 12.1 Å². The third-order valence-electron chi connectivity index (χ3n) is 5.01. The van der Waals surface area contributed by atoms with Crippen LogP contribution in [0.3, 0.4) is 0 Å². The molecule has 4 rings (SSSR count). The lowest BCUT2D eigenvalue weighted by molar-refractivity contribution is -0.118. The predicted octanol–water partition coefficient (Wildman–Crippen LogP) is 5.62. The van der Waals surface area contributed by atoms with Gasteiger partial charge in [-0.25, -0.2) is 5.43 Å². The van der Waals surface area contributed by atoms with Crippen LogP contribution < -0.4 is 10.2 Å². The van der Waals surface area contributed by atoms with Crippen LogP contribution in [-0.2, 0) is 4.79 Å². The molecule has 0 unspecified atom stereocenters. The summed E-state index contributed by atoms with van der Waals surface area (Å²) in [6.07, 6.45) is 0. The fourth-order valence-corrected chi connectivity index (χ4v) is 4.16. The molecule has 0 atom stereocenters. The summed E-state index contributed by atoms with van der Waals surface area (Å²) < 4.78 is 7.48. The number of hydrogen-bond acceptors (Lipinski definition) is 6. The van der Waals surface area contributed by atoms with Crippen molar-refractivity contribution in [3.63, 3.8) is 0 Å². The summed E-state index contributed by atoms with van der Waals surface area (Å²) in [5, 5.41) is 14.2. The van der Waals surface area contributed by atoms with Gasteiger partial charge in [-0.2, -0.15) is 5.10 Å². The summed E-state index contributed by atoms with van der Waals surface area (Å²) >= 11 is 7.35. The number of thioether (sulfide) groups is 1. The van der Waals surface area contributed by atoms with E-state index in [4.69, 9.17) is 16.3 Å². The lowest BCUT2D eigenvalue weighted by Crippen LogP contribution is -2.21. The highest BCUT2D eigenvalue weighted by Gasteiger charge is 2.17. The van der Waals surface area contributed by atoms with Gasteiger partial charge in [-0.05, 0) is 67.9 Å². The fraction of sp³-hybridized carbons (Fsp3) is 0.154. The molecule has 3 aromatic carbocycles. The minimum atomic E-state index is -0.237. The lowest BCUT2D eigenvalue weighted by atomic mass is 10.1. The van der Waals surface area contributed by atoms with Gasteiger partial charge >= 0.3 is 0 Å². The van der Waals surface area contributed by atoms with Crippen molar-refractivity contribution in [3.8, 4) is 22.8 Å². The van der Waals surface area contributed by atoms with Gasteiger partial charge in [0, 0.05) is 16.3 Å². The Hall–Kier alpha value is -3.62. The number of aromatic nitrogens is 3. The first-order chi connectivity index (χ1) is 17.0. The molecule has 35 heavy (non-hydrogen) atoms. The van der Waals surface area contributed by atoms with Crippen molar-refractivity contribution in [1.29, 1.82) is 0 Å². The van der Waals surface area contributed by atoms with Crippen LogP contribution in [0.25, 0.3) is 17.1 Å². The van der Waals surface area contributed by atoms with Gasteiger partial charge in [0.2, 0.25) is 0 Å². The quantitative estimate of drug-likeness (QED) is 0.181. The summed E-state index contributed by atoms with van der Waals surface area (Å²) in [6, 6.07) is 24.7. The molecule has 0 spiro atoms. The molecule has 0 radical (unpaired) electrons. The van der Waals surface area contributed by atoms with E-state index < -0.39 is 0 Å². The molecule has 178 valence electrons. The molecule has 0 fully saturated rings. The Labute approximate surface area is 213 Å². The molecule has 7 nitrogen and oxygen atoms in total. The average Bonchev–Trinajstić information content (AvgIpc) is 3.31. The van der Waals surface area contributed by atoms with Crippen LogP contribution >= 0.6 is 23.4 Å². The van der Waals surface area contributed by atoms with Crippen molar-refractivity contribution in [2.45, 2.75) is 19.0 Å². The Morgan fingerprint density at radius 3 is 2.43 bits per heavy atom. The molecular weight excluding hydrogens is 482 g/mol. The SMILES string of the molecule is CCOc1ccc(-n2c(SCC(=O)N/N=C(/C)c3ccccc3)nnc2-c2ccc(Cl)cc2)cc1. The van der Waals surface area contributed by atoms with E-state index in [0.717, 1.165) is 28.3 Å². The number of carbonyl (C=O) groups excluding carboxylic acids is 1. The molecular formula is C26H24ClN5O2S. The molecule has 0 aliphatic rings. The number of rotatable bonds is 9. The third-order valence-corrected chi connectivity index (χ3v) is 6.19. The van der Waals surface area contributed by atoms with Gasteiger partial charge in [0.05, 0.1) is 18.1 Å². The first kappa shape index (κ1) is 24.5. The zero-order valence-electron chi connectivity index (χ0n) is 19.3. The number of carbonyl (C=O) groups is 1. The third kappa shape index (κ3) is 6.29. The second kappa shape index (κ2) is 11.7. The Bertz CT molecular complexity index is 1310. The Balaban J connectivity index is 1.55. The number of amides is 1. The van der Waals surface area contributed by atoms with E-state index in [1.807, 2.05) is 85.1 Å². The van der Waals surface area contributed by atoms with E-state index in [0.29, 0.717) is 22.6 Å². The van der Waals surface area contributed by atoms with Crippen molar-refractivity contribution in [2.24, 2.45) is 5.10 Å². The standard InChI is InChI=1S/C26H24ClN5O2S/c1-3-34-23-15-13-22(14-16-23)32-25(20-9-11-21(27)12-10-20)30-31-26(32)35-17-24(33)29-28-18(2)19-7-5-4-6-8-19/h4-16H,3,17H2,1-2H3,(H,29,33)/b28-18-. The van der Waals surface area contributed by atoms with E-state index >= 15 is 0 Å². The van der Waals surface area contributed by atoms with Crippen molar-refractivity contribution in [3.05, 3.63) is 89.4 Å². The molecule has 1 aromatic heterocycles.